The molecule has 6 heteroatoms. The Balaban J connectivity index is 1.59. The number of carbonyl (C=O) groups is 1. The quantitative estimate of drug-likeness (QED) is 0.817. The van der Waals surface area contributed by atoms with Gasteiger partial charge in [-0.1, -0.05) is 18.2 Å². The number of aromatic nitrogens is 2. The first-order valence-electron chi connectivity index (χ1n) is 8.18. The third-order valence-electron chi connectivity index (χ3n) is 3.87. The summed E-state index contributed by atoms with van der Waals surface area (Å²) >= 11 is 0. The normalized spacial score (nSPS) is 13.4. The van der Waals surface area contributed by atoms with E-state index < -0.39 is 0 Å². The first kappa shape index (κ1) is 16.2. The first-order valence-corrected chi connectivity index (χ1v) is 8.18. The predicted octanol–water partition coefficient (Wildman–Crippen LogP) is 2.34. The maximum atomic E-state index is 12.3. The van der Waals surface area contributed by atoms with E-state index in [9.17, 15) is 4.79 Å². The molecule has 1 heterocycles. The summed E-state index contributed by atoms with van der Waals surface area (Å²) in [6.45, 7) is 2.32. The van der Waals surface area contributed by atoms with Crippen molar-refractivity contribution in [2.75, 3.05) is 19.0 Å². The molecule has 1 aromatic carbocycles. The van der Waals surface area contributed by atoms with Gasteiger partial charge in [-0.3, -0.25) is 4.79 Å². The molecule has 1 fully saturated rings. The standard InChI is InChI=1S/C18H22N4O2/c1-12-20-15(11-17(21-12)22-14-7-8-14)18(23)19-10-9-13-5-3-4-6-16(13)24-2/h3-6,11,14H,7-10H2,1-2H3,(H,19,23)(H,20,21,22). The van der Waals surface area contributed by atoms with Crippen molar-refractivity contribution in [3.05, 3.63) is 47.4 Å². The average Bonchev–Trinajstić information content (AvgIpc) is 3.38. The fraction of sp³-hybridized carbons (Fsp3) is 0.389. The van der Waals surface area contributed by atoms with Crippen LogP contribution >= 0.6 is 0 Å². The molecule has 0 radical (unpaired) electrons. The second kappa shape index (κ2) is 7.29. The maximum absolute atomic E-state index is 12.3. The highest BCUT2D eigenvalue weighted by molar-refractivity contribution is 5.92. The molecule has 0 unspecified atom stereocenters. The Morgan fingerprint density at radius 2 is 2.08 bits per heavy atom. The van der Waals surface area contributed by atoms with Crippen molar-refractivity contribution in [3.63, 3.8) is 0 Å². The van der Waals surface area contributed by atoms with Crippen molar-refractivity contribution in [2.24, 2.45) is 0 Å². The summed E-state index contributed by atoms with van der Waals surface area (Å²) in [6.07, 6.45) is 3.01. The smallest absolute Gasteiger partial charge is 0.270 e. The Morgan fingerprint density at radius 1 is 1.29 bits per heavy atom. The summed E-state index contributed by atoms with van der Waals surface area (Å²) in [5.74, 6) is 1.96. The molecule has 6 nitrogen and oxygen atoms in total. The minimum atomic E-state index is -0.186. The number of amides is 1. The van der Waals surface area contributed by atoms with E-state index in [-0.39, 0.29) is 5.91 Å². The van der Waals surface area contributed by atoms with Crippen LogP contribution in [0.2, 0.25) is 0 Å². The molecular formula is C18H22N4O2. The van der Waals surface area contributed by atoms with E-state index >= 15 is 0 Å². The highest BCUT2D eigenvalue weighted by atomic mass is 16.5. The van der Waals surface area contributed by atoms with E-state index in [1.54, 1.807) is 20.1 Å². The van der Waals surface area contributed by atoms with Crippen LogP contribution in [0, 0.1) is 6.92 Å². The lowest BCUT2D eigenvalue weighted by Crippen LogP contribution is -2.27. The average molecular weight is 326 g/mol. The molecule has 1 amide bonds. The van der Waals surface area contributed by atoms with E-state index in [1.807, 2.05) is 24.3 Å². The van der Waals surface area contributed by atoms with Crippen molar-refractivity contribution >= 4 is 11.7 Å². The number of ether oxygens (including phenoxy) is 1. The molecule has 0 bridgehead atoms. The molecule has 1 aromatic heterocycles. The zero-order chi connectivity index (χ0) is 16.9. The van der Waals surface area contributed by atoms with Crippen LogP contribution in [0.15, 0.2) is 30.3 Å². The molecule has 1 aliphatic carbocycles. The number of aryl methyl sites for hydroxylation is 1. The van der Waals surface area contributed by atoms with Crippen molar-refractivity contribution < 1.29 is 9.53 Å². The van der Waals surface area contributed by atoms with Crippen LogP contribution in [0.5, 0.6) is 5.75 Å². The predicted molar refractivity (Wildman–Crippen MR) is 92.4 cm³/mol. The van der Waals surface area contributed by atoms with E-state index in [0.29, 0.717) is 30.5 Å². The topological polar surface area (TPSA) is 76.1 Å². The molecule has 1 aliphatic rings. The molecule has 3 rings (SSSR count). The largest absolute Gasteiger partial charge is 0.496 e. The summed E-state index contributed by atoms with van der Waals surface area (Å²) in [5.41, 5.74) is 1.46. The van der Waals surface area contributed by atoms with Crippen molar-refractivity contribution in [2.45, 2.75) is 32.2 Å². The highest BCUT2D eigenvalue weighted by Crippen LogP contribution is 2.24. The summed E-state index contributed by atoms with van der Waals surface area (Å²) in [6, 6.07) is 10.0. The van der Waals surface area contributed by atoms with E-state index in [0.717, 1.165) is 30.0 Å². The number of rotatable bonds is 7. The lowest BCUT2D eigenvalue weighted by molar-refractivity contribution is 0.0948. The monoisotopic (exact) mass is 326 g/mol. The molecule has 0 atom stereocenters. The van der Waals surface area contributed by atoms with Crippen molar-refractivity contribution in [1.29, 1.82) is 0 Å². The second-order valence-electron chi connectivity index (χ2n) is 5.92. The minimum Gasteiger partial charge on any atom is -0.496 e. The number of methoxy groups -OCH3 is 1. The van der Waals surface area contributed by atoms with Crippen molar-refractivity contribution in [3.8, 4) is 5.75 Å². The summed E-state index contributed by atoms with van der Waals surface area (Å²) in [4.78, 5) is 20.9. The van der Waals surface area contributed by atoms with Gasteiger partial charge < -0.3 is 15.4 Å². The van der Waals surface area contributed by atoms with Gasteiger partial charge >= 0.3 is 0 Å². The SMILES string of the molecule is COc1ccccc1CCNC(=O)c1cc(NC2CC2)nc(C)n1. The zero-order valence-electron chi connectivity index (χ0n) is 14.0. The number of hydrogen-bond donors (Lipinski definition) is 2. The Bertz CT molecular complexity index is 729. The van der Waals surface area contributed by atoms with Gasteiger partial charge in [-0.15, -0.1) is 0 Å². The van der Waals surface area contributed by atoms with E-state index in [1.165, 1.54) is 0 Å². The van der Waals surface area contributed by atoms with Crippen LogP contribution in [0.3, 0.4) is 0 Å². The lowest BCUT2D eigenvalue weighted by atomic mass is 10.1. The van der Waals surface area contributed by atoms with Gasteiger partial charge in [-0.05, 0) is 37.8 Å². The maximum Gasteiger partial charge on any atom is 0.270 e. The summed E-state index contributed by atoms with van der Waals surface area (Å²) in [5, 5.41) is 6.21. The third-order valence-corrected chi connectivity index (χ3v) is 3.87. The molecule has 0 saturated heterocycles. The Hall–Kier alpha value is -2.63. The number of benzene rings is 1. The van der Waals surface area contributed by atoms with E-state index in [4.69, 9.17) is 4.74 Å². The number of para-hydroxylation sites is 1. The van der Waals surface area contributed by atoms with Crippen LogP contribution in [-0.2, 0) is 6.42 Å². The Kier molecular flexibility index (Phi) is 4.93. The molecular weight excluding hydrogens is 304 g/mol. The fourth-order valence-electron chi connectivity index (χ4n) is 2.51. The van der Waals surface area contributed by atoms with Gasteiger partial charge in [-0.25, -0.2) is 9.97 Å². The van der Waals surface area contributed by atoms with Crippen LogP contribution < -0.4 is 15.4 Å². The van der Waals surface area contributed by atoms with Gasteiger partial charge in [0.1, 0.15) is 23.1 Å². The molecule has 126 valence electrons. The van der Waals surface area contributed by atoms with Gasteiger partial charge in [0.25, 0.3) is 5.91 Å². The number of hydrogen-bond acceptors (Lipinski definition) is 5. The van der Waals surface area contributed by atoms with E-state index in [2.05, 4.69) is 20.6 Å². The zero-order valence-corrected chi connectivity index (χ0v) is 14.0. The molecule has 1 saturated carbocycles. The molecule has 2 N–H and O–H groups in total. The first-order chi connectivity index (χ1) is 11.7. The molecule has 0 spiro atoms. The van der Waals surface area contributed by atoms with Gasteiger partial charge in [-0.2, -0.15) is 0 Å². The Morgan fingerprint density at radius 3 is 2.83 bits per heavy atom. The second-order valence-corrected chi connectivity index (χ2v) is 5.92. The van der Waals surface area contributed by atoms with Gasteiger partial charge in [0.15, 0.2) is 0 Å². The van der Waals surface area contributed by atoms with Crippen LogP contribution in [0.1, 0.15) is 34.7 Å². The van der Waals surface area contributed by atoms with Crippen LogP contribution in [0.25, 0.3) is 0 Å². The number of nitrogens with one attached hydrogen (secondary N) is 2. The van der Waals surface area contributed by atoms with Gasteiger partial charge in [0.2, 0.25) is 0 Å². The molecule has 2 aromatic rings. The third kappa shape index (κ3) is 4.22. The summed E-state index contributed by atoms with van der Waals surface area (Å²) in [7, 11) is 1.65. The van der Waals surface area contributed by atoms with Crippen LogP contribution in [0.4, 0.5) is 5.82 Å². The molecule has 24 heavy (non-hydrogen) atoms. The lowest BCUT2D eigenvalue weighted by Gasteiger charge is -2.10. The molecule has 0 aliphatic heterocycles. The number of anilines is 1. The fourth-order valence-corrected chi connectivity index (χ4v) is 2.51. The van der Waals surface area contributed by atoms with Gasteiger partial charge in [0.05, 0.1) is 7.11 Å². The highest BCUT2D eigenvalue weighted by Gasteiger charge is 2.22. The minimum absolute atomic E-state index is 0.186. The number of nitrogens with zero attached hydrogens (tertiary/aromatic N) is 2. The number of carbonyl (C=O) groups excluding carboxylic acids is 1. The summed E-state index contributed by atoms with van der Waals surface area (Å²) < 4.78 is 5.32. The van der Waals surface area contributed by atoms with Crippen molar-refractivity contribution in [1.82, 2.24) is 15.3 Å². The Labute approximate surface area is 141 Å². The van der Waals surface area contributed by atoms with Gasteiger partial charge in [0, 0.05) is 18.7 Å². The van der Waals surface area contributed by atoms with Crippen LogP contribution in [-0.4, -0.2) is 35.6 Å².